The predicted octanol–water partition coefficient (Wildman–Crippen LogP) is 1.99. The fourth-order valence-electron chi connectivity index (χ4n) is 2.18. The van der Waals surface area contributed by atoms with Crippen LogP contribution in [0.2, 0.25) is 0 Å². The van der Waals surface area contributed by atoms with Crippen molar-refractivity contribution < 1.29 is 19.1 Å². The molecule has 1 heterocycles. The Kier molecular flexibility index (Phi) is 5.18. The number of hydrogen-bond acceptors (Lipinski definition) is 4. The lowest BCUT2D eigenvalue weighted by molar-refractivity contribution is -0.136. The van der Waals surface area contributed by atoms with Crippen molar-refractivity contribution in [3.8, 4) is 0 Å². The van der Waals surface area contributed by atoms with E-state index in [9.17, 15) is 14.7 Å². The minimum absolute atomic E-state index is 0.105. The summed E-state index contributed by atoms with van der Waals surface area (Å²) in [5.74, 6) is -0.573. The Bertz CT molecular complexity index is 701. The van der Waals surface area contributed by atoms with Crippen molar-refractivity contribution in [2.24, 2.45) is 0 Å². The van der Waals surface area contributed by atoms with Gasteiger partial charge >= 0.3 is 11.8 Å². The Labute approximate surface area is 134 Å². The zero-order chi connectivity index (χ0) is 17.0. The summed E-state index contributed by atoms with van der Waals surface area (Å²) in [6.07, 6.45) is -0.999. The van der Waals surface area contributed by atoms with Crippen LogP contribution in [0.5, 0.6) is 0 Å². The summed E-state index contributed by atoms with van der Waals surface area (Å²) in [5.41, 5.74) is 2.37. The van der Waals surface area contributed by atoms with E-state index in [0.29, 0.717) is 17.2 Å². The van der Waals surface area contributed by atoms with Gasteiger partial charge in [-0.15, -0.1) is 0 Å². The smallest absolute Gasteiger partial charge is 0.313 e. The molecule has 122 valence electrons. The number of rotatable bonds is 4. The summed E-state index contributed by atoms with van der Waals surface area (Å²) in [6, 6.07) is 8.92. The molecule has 0 aliphatic rings. The number of amides is 2. The Morgan fingerprint density at radius 1 is 1.09 bits per heavy atom. The number of carbonyl (C=O) groups excluding carboxylic acids is 2. The van der Waals surface area contributed by atoms with Crippen LogP contribution in [-0.2, 0) is 9.59 Å². The van der Waals surface area contributed by atoms with Crippen LogP contribution in [0.4, 0.5) is 5.69 Å². The fraction of sp³-hybridized carbons (Fsp3) is 0.294. The minimum Gasteiger partial charge on any atom is -0.464 e. The average molecular weight is 316 g/mol. The summed E-state index contributed by atoms with van der Waals surface area (Å²) in [5, 5.41) is 14.9. The van der Waals surface area contributed by atoms with Gasteiger partial charge in [0.25, 0.3) is 0 Å². The highest BCUT2D eigenvalue weighted by molar-refractivity contribution is 6.39. The van der Waals surface area contributed by atoms with Crippen LogP contribution in [0.1, 0.15) is 28.8 Å². The standard InChI is InChI=1S/C17H20N2O4/c1-10-5-4-6-11(2)15(10)19-17(22)16(21)18-9-13(20)14-8-7-12(3)23-14/h4-8,13,20H,9H2,1-3H3,(H,18,21)(H,19,22). The summed E-state index contributed by atoms with van der Waals surface area (Å²) in [6.45, 7) is 5.35. The van der Waals surface area contributed by atoms with Gasteiger partial charge < -0.3 is 20.2 Å². The summed E-state index contributed by atoms with van der Waals surface area (Å²) in [7, 11) is 0. The Morgan fingerprint density at radius 3 is 2.30 bits per heavy atom. The highest BCUT2D eigenvalue weighted by Crippen LogP contribution is 2.19. The highest BCUT2D eigenvalue weighted by Gasteiger charge is 2.18. The molecule has 1 aromatic heterocycles. The topological polar surface area (TPSA) is 91.6 Å². The van der Waals surface area contributed by atoms with Gasteiger partial charge in [-0.25, -0.2) is 0 Å². The molecule has 1 unspecified atom stereocenters. The van der Waals surface area contributed by atoms with E-state index in [2.05, 4.69) is 10.6 Å². The van der Waals surface area contributed by atoms with E-state index in [1.807, 2.05) is 32.0 Å². The van der Waals surface area contributed by atoms with E-state index < -0.39 is 17.9 Å². The maximum Gasteiger partial charge on any atom is 0.313 e. The maximum atomic E-state index is 11.9. The van der Waals surface area contributed by atoms with Crippen molar-refractivity contribution >= 4 is 17.5 Å². The number of aryl methyl sites for hydroxylation is 3. The second kappa shape index (κ2) is 7.11. The number of nitrogens with one attached hydrogen (secondary N) is 2. The van der Waals surface area contributed by atoms with Gasteiger partial charge in [-0.3, -0.25) is 9.59 Å². The number of hydrogen-bond donors (Lipinski definition) is 3. The first-order valence-electron chi connectivity index (χ1n) is 7.28. The summed E-state index contributed by atoms with van der Waals surface area (Å²) < 4.78 is 5.26. The SMILES string of the molecule is Cc1ccc(C(O)CNC(=O)C(=O)Nc2c(C)cccc2C)o1. The van der Waals surface area contributed by atoms with Crippen LogP contribution >= 0.6 is 0 Å². The number of carbonyl (C=O) groups is 2. The van der Waals surface area contributed by atoms with Gasteiger partial charge in [0.1, 0.15) is 17.6 Å². The fourth-order valence-corrected chi connectivity index (χ4v) is 2.18. The summed E-state index contributed by atoms with van der Waals surface area (Å²) in [4.78, 5) is 23.8. The minimum atomic E-state index is -0.999. The third-order valence-corrected chi connectivity index (χ3v) is 3.47. The van der Waals surface area contributed by atoms with Gasteiger partial charge in [-0.2, -0.15) is 0 Å². The van der Waals surface area contributed by atoms with E-state index in [4.69, 9.17) is 4.42 Å². The van der Waals surface area contributed by atoms with Crippen LogP contribution in [0.15, 0.2) is 34.7 Å². The van der Waals surface area contributed by atoms with Gasteiger partial charge in [0.15, 0.2) is 0 Å². The lowest BCUT2D eigenvalue weighted by Crippen LogP contribution is -2.37. The lowest BCUT2D eigenvalue weighted by atomic mass is 10.1. The second-order valence-electron chi connectivity index (χ2n) is 5.40. The molecule has 23 heavy (non-hydrogen) atoms. The molecular weight excluding hydrogens is 296 g/mol. The van der Waals surface area contributed by atoms with Crippen LogP contribution < -0.4 is 10.6 Å². The molecule has 6 heteroatoms. The van der Waals surface area contributed by atoms with Crippen molar-refractivity contribution in [3.63, 3.8) is 0 Å². The normalized spacial score (nSPS) is 11.8. The molecule has 2 amide bonds. The number of anilines is 1. The molecule has 0 aliphatic carbocycles. The van der Waals surface area contributed by atoms with E-state index in [1.54, 1.807) is 19.1 Å². The van der Waals surface area contributed by atoms with E-state index >= 15 is 0 Å². The van der Waals surface area contributed by atoms with Gasteiger partial charge in [0, 0.05) is 5.69 Å². The van der Waals surface area contributed by atoms with E-state index in [0.717, 1.165) is 11.1 Å². The van der Waals surface area contributed by atoms with Gasteiger partial charge in [0.2, 0.25) is 0 Å². The van der Waals surface area contributed by atoms with E-state index in [1.165, 1.54) is 0 Å². The quantitative estimate of drug-likeness (QED) is 0.752. The molecule has 0 fully saturated rings. The second-order valence-corrected chi connectivity index (χ2v) is 5.40. The molecule has 0 spiro atoms. The van der Waals surface area contributed by atoms with Crippen molar-refractivity contribution in [2.75, 3.05) is 11.9 Å². The van der Waals surface area contributed by atoms with Gasteiger partial charge in [-0.05, 0) is 44.0 Å². The maximum absolute atomic E-state index is 11.9. The number of aliphatic hydroxyl groups is 1. The van der Waals surface area contributed by atoms with Crippen molar-refractivity contribution in [2.45, 2.75) is 26.9 Å². The van der Waals surface area contributed by atoms with Crippen LogP contribution in [-0.4, -0.2) is 23.5 Å². The first-order valence-corrected chi connectivity index (χ1v) is 7.28. The zero-order valence-corrected chi connectivity index (χ0v) is 13.3. The Morgan fingerprint density at radius 2 is 1.74 bits per heavy atom. The molecule has 0 aliphatic heterocycles. The van der Waals surface area contributed by atoms with Crippen LogP contribution in [0, 0.1) is 20.8 Å². The zero-order valence-electron chi connectivity index (χ0n) is 13.3. The van der Waals surface area contributed by atoms with Crippen LogP contribution in [0.25, 0.3) is 0 Å². The molecule has 2 aromatic rings. The molecular formula is C17H20N2O4. The van der Waals surface area contributed by atoms with Crippen molar-refractivity contribution in [3.05, 3.63) is 53.0 Å². The number of para-hydroxylation sites is 1. The third kappa shape index (κ3) is 4.20. The third-order valence-electron chi connectivity index (χ3n) is 3.47. The molecule has 0 bridgehead atoms. The number of benzene rings is 1. The molecule has 3 N–H and O–H groups in total. The van der Waals surface area contributed by atoms with E-state index in [-0.39, 0.29) is 6.54 Å². The molecule has 2 rings (SSSR count). The first kappa shape index (κ1) is 16.8. The number of furan rings is 1. The molecule has 0 radical (unpaired) electrons. The molecule has 1 aromatic carbocycles. The molecule has 0 saturated carbocycles. The van der Waals surface area contributed by atoms with Crippen molar-refractivity contribution in [1.29, 1.82) is 0 Å². The van der Waals surface area contributed by atoms with Gasteiger partial charge in [-0.1, -0.05) is 18.2 Å². The Hall–Kier alpha value is -2.60. The number of aliphatic hydroxyl groups excluding tert-OH is 1. The predicted molar refractivity (Wildman–Crippen MR) is 86.0 cm³/mol. The monoisotopic (exact) mass is 316 g/mol. The summed E-state index contributed by atoms with van der Waals surface area (Å²) >= 11 is 0. The lowest BCUT2D eigenvalue weighted by Gasteiger charge is -2.12. The Balaban J connectivity index is 1.91. The van der Waals surface area contributed by atoms with Gasteiger partial charge in [0.05, 0.1) is 6.54 Å². The highest BCUT2D eigenvalue weighted by atomic mass is 16.4. The first-order chi connectivity index (χ1) is 10.9. The average Bonchev–Trinajstić information content (AvgIpc) is 2.94. The van der Waals surface area contributed by atoms with Crippen LogP contribution in [0.3, 0.4) is 0 Å². The van der Waals surface area contributed by atoms with Crippen molar-refractivity contribution in [1.82, 2.24) is 5.32 Å². The largest absolute Gasteiger partial charge is 0.464 e. The molecule has 1 atom stereocenters. The molecule has 0 saturated heterocycles. The molecule has 6 nitrogen and oxygen atoms in total.